The van der Waals surface area contributed by atoms with E-state index in [0.717, 1.165) is 22.3 Å². The Kier molecular flexibility index (Phi) is 9.12. The Morgan fingerprint density at radius 3 is 2.57 bits per heavy atom. The Balaban J connectivity index is 1.55. The monoisotopic (exact) mass is 618 g/mol. The number of esters is 1. The molecule has 5 rings (SSSR count). The molecule has 6 nitrogen and oxygen atoms in total. The van der Waals surface area contributed by atoms with Gasteiger partial charge in [-0.1, -0.05) is 90.0 Å². The second-order valence-corrected chi connectivity index (χ2v) is 11.4. The normalized spacial score (nSPS) is 14.8. The zero-order valence-electron chi connectivity index (χ0n) is 23.1. The fourth-order valence-electron chi connectivity index (χ4n) is 4.90. The molecule has 0 unspecified atom stereocenters. The molecule has 0 fully saturated rings. The molecule has 2 heterocycles. The van der Waals surface area contributed by atoms with Crippen molar-refractivity contribution in [2.24, 2.45) is 4.99 Å². The lowest BCUT2D eigenvalue weighted by Crippen LogP contribution is -2.40. The van der Waals surface area contributed by atoms with Crippen LogP contribution in [0.5, 0.6) is 5.75 Å². The Hall–Kier alpha value is -3.91. The molecule has 0 radical (unpaired) electrons. The second-order valence-electron chi connectivity index (χ2n) is 9.60. The van der Waals surface area contributed by atoms with Crippen LogP contribution in [0.25, 0.3) is 6.08 Å². The van der Waals surface area contributed by atoms with E-state index < -0.39 is 12.0 Å². The fourth-order valence-corrected chi connectivity index (χ4v) is 6.24. The SMILES string of the molecule is C=CCc1cc(/C=c2\sc3n(c2=O)[C@H](c2ccccc2)C(C(=O)OC)=C(CC)N=3)ccc1OCc1ccc(Cl)c(Cl)c1. The Morgan fingerprint density at radius 1 is 1.10 bits per heavy atom. The Labute approximate surface area is 257 Å². The molecule has 0 spiro atoms. The van der Waals surface area contributed by atoms with Crippen molar-refractivity contribution < 1.29 is 14.3 Å². The van der Waals surface area contributed by atoms with E-state index in [1.165, 1.54) is 18.4 Å². The number of ether oxygens (including phenoxy) is 2. The highest BCUT2D eigenvalue weighted by Gasteiger charge is 2.33. The second kappa shape index (κ2) is 12.9. The summed E-state index contributed by atoms with van der Waals surface area (Å²) in [4.78, 5) is 32.1. The summed E-state index contributed by atoms with van der Waals surface area (Å²) in [6, 6.07) is 20.0. The van der Waals surface area contributed by atoms with Crippen LogP contribution in [-0.2, 0) is 22.6 Å². The van der Waals surface area contributed by atoms with Crippen LogP contribution in [0.15, 0.2) is 100 Å². The molecule has 0 saturated carbocycles. The molecule has 4 aromatic rings. The van der Waals surface area contributed by atoms with Crippen molar-refractivity contribution in [1.29, 1.82) is 0 Å². The van der Waals surface area contributed by atoms with Crippen molar-refractivity contribution in [2.75, 3.05) is 7.11 Å². The van der Waals surface area contributed by atoms with Crippen molar-refractivity contribution in [1.82, 2.24) is 4.57 Å². The van der Waals surface area contributed by atoms with Crippen LogP contribution in [0.4, 0.5) is 0 Å². The third-order valence-electron chi connectivity index (χ3n) is 6.89. The predicted molar refractivity (Wildman–Crippen MR) is 168 cm³/mol. The van der Waals surface area contributed by atoms with Crippen LogP contribution >= 0.6 is 34.5 Å². The van der Waals surface area contributed by atoms with Gasteiger partial charge in [0.2, 0.25) is 0 Å². The van der Waals surface area contributed by atoms with Gasteiger partial charge in [-0.2, -0.15) is 0 Å². The number of rotatable bonds is 9. The van der Waals surface area contributed by atoms with Crippen molar-refractivity contribution in [2.45, 2.75) is 32.4 Å². The predicted octanol–water partition coefficient (Wildman–Crippen LogP) is 6.41. The molecule has 1 aliphatic heterocycles. The van der Waals surface area contributed by atoms with Crippen LogP contribution in [-0.4, -0.2) is 17.6 Å². The maximum absolute atomic E-state index is 13.9. The molecule has 3 aromatic carbocycles. The molecule has 0 saturated heterocycles. The number of carbonyl (C=O) groups excluding carboxylic acids is 1. The lowest BCUT2D eigenvalue weighted by molar-refractivity contribution is -0.136. The summed E-state index contributed by atoms with van der Waals surface area (Å²) in [5, 5.41) is 0.963. The zero-order valence-corrected chi connectivity index (χ0v) is 25.4. The Morgan fingerprint density at radius 2 is 1.88 bits per heavy atom. The highest BCUT2D eigenvalue weighted by molar-refractivity contribution is 7.07. The van der Waals surface area contributed by atoms with E-state index in [9.17, 15) is 9.59 Å². The van der Waals surface area contributed by atoms with E-state index in [4.69, 9.17) is 37.7 Å². The molecule has 1 aliphatic rings. The van der Waals surface area contributed by atoms with Crippen molar-refractivity contribution in [3.8, 4) is 5.75 Å². The minimum absolute atomic E-state index is 0.227. The fraction of sp³-hybridized carbons (Fsp3) is 0.182. The molecular weight excluding hydrogens is 591 g/mol. The van der Waals surface area contributed by atoms with Gasteiger partial charge in [0.1, 0.15) is 12.4 Å². The van der Waals surface area contributed by atoms with Gasteiger partial charge in [0.05, 0.1) is 39.0 Å². The molecular formula is C33H28Cl2N2O4S. The summed E-state index contributed by atoms with van der Waals surface area (Å²) in [7, 11) is 1.34. The molecule has 0 aliphatic carbocycles. The van der Waals surface area contributed by atoms with Crippen LogP contribution in [0.3, 0.4) is 0 Å². The first-order chi connectivity index (χ1) is 20.3. The van der Waals surface area contributed by atoms with Gasteiger partial charge < -0.3 is 9.47 Å². The van der Waals surface area contributed by atoms with E-state index in [0.29, 0.717) is 55.8 Å². The van der Waals surface area contributed by atoms with Gasteiger partial charge in [-0.05, 0) is 65.4 Å². The van der Waals surface area contributed by atoms with Crippen LogP contribution in [0.1, 0.15) is 41.6 Å². The number of aromatic nitrogens is 1. The third-order valence-corrected chi connectivity index (χ3v) is 8.61. The molecule has 1 atom stereocenters. The van der Waals surface area contributed by atoms with Crippen molar-refractivity contribution in [3.63, 3.8) is 0 Å². The average molecular weight is 620 g/mol. The summed E-state index contributed by atoms with van der Waals surface area (Å²) < 4.78 is 13.3. The number of fused-ring (bicyclic) bond motifs is 1. The lowest BCUT2D eigenvalue weighted by Gasteiger charge is -2.25. The first kappa shape index (κ1) is 29.6. The number of thiazole rings is 1. The molecule has 0 bridgehead atoms. The summed E-state index contributed by atoms with van der Waals surface area (Å²) in [6.07, 6.45) is 4.75. The summed E-state index contributed by atoms with van der Waals surface area (Å²) in [6.45, 7) is 6.14. The van der Waals surface area contributed by atoms with E-state index in [1.54, 1.807) is 22.8 Å². The van der Waals surface area contributed by atoms with Gasteiger partial charge in [0, 0.05) is 0 Å². The zero-order chi connectivity index (χ0) is 29.8. The van der Waals surface area contributed by atoms with Crippen molar-refractivity contribution >= 4 is 46.6 Å². The summed E-state index contributed by atoms with van der Waals surface area (Å²) in [5.41, 5.74) is 4.22. The average Bonchev–Trinajstić information content (AvgIpc) is 3.31. The molecule has 9 heteroatoms. The molecule has 0 amide bonds. The summed E-state index contributed by atoms with van der Waals surface area (Å²) >= 11 is 13.5. The largest absolute Gasteiger partial charge is 0.489 e. The quantitative estimate of drug-likeness (QED) is 0.160. The first-order valence-electron chi connectivity index (χ1n) is 13.3. The third kappa shape index (κ3) is 6.00. The van der Waals surface area contributed by atoms with E-state index in [2.05, 4.69) is 6.58 Å². The van der Waals surface area contributed by atoms with Gasteiger partial charge in [0.25, 0.3) is 5.56 Å². The van der Waals surface area contributed by atoms with E-state index in [-0.39, 0.29) is 5.56 Å². The number of benzene rings is 3. The lowest BCUT2D eigenvalue weighted by atomic mass is 9.95. The topological polar surface area (TPSA) is 69.9 Å². The molecule has 1 aromatic heterocycles. The van der Waals surface area contributed by atoms with E-state index in [1.807, 2.05) is 67.6 Å². The van der Waals surface area contributed by atoms with Crippen molar-refractivity contribution in [3.05, 3.63) is 143 Å². The molecule has 214 valence electrons. The number of hydrogen-bond acceptors (Lipinski definition) is 6. The minimum atomic E-state index is -0.638. The molecule has 0 N–H and O–H groups in total. The molecule has 42 heavy (non-hydrogen) atoms. The minimum Gasteiger partial charge on any atom is -0.489 e. The highest BCUT2D eigenvalue weighted by atomic mass is 35.5. The van der Waals surface area contributed by atoms with Gasteiger partial charge in [-0.25, -0.2) is 9.79 Å². The number of halogens is 2. The summed E-state index contributed by atoms with van der Waals surface area (Å²) in [5.74, 6) is 0.211. The number of allylic oxidation sites excluding steroid dienone is 2. The van der Waals surface area contributed by atoms with E-state index >= 15 is 0 Å². The maximum Gasteiger partial charge on any atom is 0.338 e. The van der Waals surface area contributed by atoms with Crippen LogP contribution in [0, 0.1) is 0 Å². The highest BCUT2D eigenvalue weighted by Crippen LogP contribution is 2.32. The van der Waals surface area contributed by atoms with Crippen LogP contribution in [0.2, 0.25) is 10.0 Å². The van der Waals surface area contributed by atoms with Gasteiger partial charge in [0.15, 0.2) is 4.80 Å². The van der Waals surface area contributed by atoms with Crippen LogP contribution < -0.4 is 19.6 Å². The number of carbonyl (C=O) groups is 1. The van der Waals surface area contributed by atoms with Gasteiger partial charge in [-0.3, -0.25) is 9.36 Å². The maximum atomic E-state index is 13.9. The number of nitrogens with zero attached hydrogens (tertiary/aromatic N) is 2. The van der Waals surface area contributed by atoms with Gasteiger partial charge >= 0.3 is 5.97 Å². The number of methoxy groups -OCH3 is 1. The van der Waals surface area contributed by atoms with Gasteiger partial charge in [-0.15, -0.1) is 6.58 Å². The first-order valence-corrected chi connectivity index (χ1v) is 14.9. The standard InChI is InChI=1S/C33H28Cl2N2O4S/c1-4-9-23-16-20(13-15-27(23)41-19-21-12-14-24(34)25(35)17-21)18-28-31(38)37-30(22-10-7-6-8-11-22)29(32(39)40-3)26(5-2)36-33(37)42-28/h4,6-8,10-18,30H,1,5,9,19H2,2-3H3/b28-18-/t30-/m1/s1. The smallest absolute Gasteiger partial charge is 0.338 e. The Bertz CT molecular complexity index is 1880. The number of hydrogen-bond donors (Lipinski definition) is 0.